The molecule has 15 rings (SSSR count). The van der Waals surface area contributed by atoms with E-state index < -0.39 is 0 Å². The number of fused-ring (bicyclic) bond motifs is 10. The molecule has 0 N–H and O–H groups in total. The number of nitrogens with zero attached hydrogens (tertiary/aromatic N) is 9. The van der Waals surface area contributed by atoms with E-state index in [-0.39, 0.29) is 0 Å². The predicted molar refractivity (Wildman–Crippen MR) is 299 cm³/mol. The molecule has 74 heavy (non-hydrogen) atoms. The quantitative estimate of drug-likeness (QED) is 0.152. The Labute approximate surface area is 424 Å². The summed E-state index contributed by atoms with van der Waals surface area (Å²) in [5.74, 6) is 3.56. The van der Waals surface area contributed by atoms with Crippen LogP contribution in [0.5, 0.6) is 0 Å². The summed E-state index contributed by atoms with van der Waals surface area (Å²) in [6, 6.07) is 87.0. The van der Waals surface area contributed by atoms with Gasteiger partial charge in [-0.1, -0.05) is 164 Å². The molecule has 5 heterocycles. The van der Waals surface area contributed by atoms with Crippen molar-refractivity contribution in [3.63, 3.8) is 0 Å². The molecule has 0 saturated heterocycles. The summed E-state index contributed by atoms with van der Waals surface area (Å²) >= 11 is 0. The number of imidazole rings is 4. The molecule has 9 heteroatoms. The van der Waals surface area contributed by atoms with Gasteiger partial charge in [-0.05, 0) is 118 Å². The van der Waals surface area contributed by atoms with Gasteiger partial charge in [0.1, 0.15) is 0 Å². The highest BCUT2D eigenvalue weighted by atomic mass is 15.2. The van der Waals surface area contributed by atoms with E-state index in [0.717, 1.165) is 106 Å². The Kier molecular flexibility index (Phi) is 9.36. The highest BCUT2D eigenvalue weighted by Crippen LogP contribution is 2.37. The average Bonchev–Trinajstić information content (AvgIpc) is 4.22. The lowest BCUT2D eigenvalue weighted by Crippen LogP contribution is -2.00. The summed E-state index contributed by atoms with van der Waals surface area (Å²) in [6.45, 7) is 0. The molecule has 0 amide bonds. The molecule has 0 atom stereocenters. The molecule has 0 aliphatic rings. The van der Waals surface area contributed by atoms with Gasteiger partial charge < -0.3 is 0 Å². The van der Waals surface area contributed by atoms with Crippen molar-refractivity contribution in [2.24, 2.45) is 0 Å². The van der Waals surface area contributed by atoms with Crippen LogP contribution in [0.2, 0.25) is 0 Å². The van der Waals surface area contributed by atoms with E-state index in [0.29, 0.717) is 17.5 Å². The molecule has 0 aliphatic heterocycles. The number of hydrogen-bond donors (Lipinski definition) is 0. The zero-order valence-electron chi connectivity index (χ0n) is 39.7. The molecule has 0 bridgehead atoms. The molecule has 10 aromatic carbocycles. The molecule has 0 aliphatic carbocycles. The topological polar surface area (TPSA) is 83.1 Å². The van der Waals surface area contributed by atoms with Crippen LogP contribution in [0, 0.1) is 0 Å². The first-order chi connectivity index (χ1) is 36.7. The van der Waals surface area contributed by atoms with E-state index in [2.05, 4.69) is 200 Å². The van der Waals surface area contributed by atoms with Crippen LogP contribution in [0.25, 0.3) is 135 Å². The maximum Gasteiger partial charge on any atom is 0.220 e. The lowest BCUT2D eigenvalue weighted by Gasteiger charge is -2.10. The van der Waals surface area contributed by atoms with E-state index in [4.69, 9.17) is 24.9 Å². The molecule has 0 spiro atoms. The molecule has 15 aromatic rings. The Morgan fingerprint density at radius 1 is 0.216 bits per heavy atom. The number of hydrogen-bond acceptors (Lipinski definition) is 5. The number of para-hydroxylation sites is 4. The van der Waals surface area contributed by atoms with Crippen LogP contribution in [0.4, 0.5) is 0 Å². The molecule has 0 fully saturated rings. The van der Waals surface area contributed by atoms with Gasteiger partial charge in [-0.2, -0.15) is 0 Å². The fourth-order valence-electron chi connectivity index (χ4n) is 10.7. The first kappa shape index (κ1) is 41.5. The molecular weight excluding hydrogens is 907 g/mol. The zero-order chi connectivity index (χ0) is 48.7. The first-order valence-electron chi connectivity index (χ1n) is 24.7. The second kappa shape index (κ2) is 16.7. The maximum absolute atomic E-state index is 5.27. The number of benzene rings is 10. The minimum atomic E-state index is 0.606. The van der Waals surface area contributed by atoms with Crippen LogP contribution in [0.3, 0.4) is 0 Å². The van der Waals surface area contributed by atoms with Gasteiger partial charge in [-0.3, -0.25) is 17.9 Å². The van der Waals surface area contributed by atoms with Gasteiger partial charge in [0.15, 0.2) is 17.5 Å². The molecule has 0 unspecified atom stereocenters. The molecule has 0 radical (unpaired) electrons. The third kappa shape index (κ3) is 6.75. The van der Waals surface area contributed by atoms with E-state index in [1.807, 2.05) is 66.7 Å². The average molecular weight is 948 g/mol. The van der Waals surface area contributed by atoms with Crippen molar-refractivity contribution in [3.8, 4) is 78.9 Å². The molecular formula is C65H41N9. The van der Waals surface area contributed by atoms with Crippen molar-refractivity contribution in [2.45, 2.75) is 0 Å². The highest BCUT2D eigenvalue weighted by Gasteiger charge is 2.22. The molecule has 9 nitrogen and oxygen atoms in total. The van der Waals surface area contributed by atoms with Crippen molar-refractivity contribution < 1.29 is 0 Å². The second-order valence-corrected chi connectivity index (χ2v) is 18.6. The van der Waals surface area contributed by atoms with E-state index >= 15 is 0 Å². The summed E-state index contributed by atoms with van der Waals surface area (Å²) in [6.07, 6.45) is 0. The second-order valence-electron chi connectivity index (χ2n) is 18.6. The van der Waals surface area contributed by atoms with Gasteiger partial charge in [0, 0.05) is 28.1 Å². The Hall–Kier alpha value is -10.3. The summed E-state index contributed by atoms with van der Waals surface area (Å²) < 4.78 is 9.13. The largest absolute Gasteiger partial charge is 0.278 e. The van der Waals surface area contributed by atoms with Crippen molar-refractivity contribution in [1.82, 2.24) is 42.9 Å². The van der Waals surface area contributed by atoms with Gasteiger partial charge in [-0.15, -0.1) is 0 Å². The molecule has 346 valence electrons. The van der Waals surface area contributed by atoms with Gasteiger partial charge in [-0.25, -0.2) is 24.9 Å². The van der Waals surface area contributed by atoms with Crippen molar-refractivity contribution >= 4 is 55.7 Å². The van der Waals surface area contributed by atoms with Crippen LogP contribution in [0.1, 0.15) is 0 Å². The first-order valence-corrected chi connectivity index (χ1v) is 24.7. The summed E-state index contributed by atoms with van der Waals surface area (Å²) in [7, 11) is 0. The van der Waals surface area contributed by atoms with Crippen LogP contribution >= 0.6 is 0 Å². The van der Waals surface area contributed by atoms with Gasteiger partial charge in [0.25, 0.3) is 0 Å². The minimum absolute atomic E-state index is 0.606. The van der Waals surface area contributed by atoms with E-state index in [1.54, 1.807) is 0 Å². The van der Waals surface area contributed by atoms with Gasteiger partial charge in [0.2, 0.25) is 11.6 Å². The monoisotopic (exact) mass is 947 g/mol. The summed E-state index contributed by atoms with van der Waals surface area (Å²) in [4.78, 5) is 25.4. The van der Waals surface area contributed by atoms with Crippen molar-refractivity contribution in [3.05, 3.63) is 249 Å². The maximum atomic E-state index is 5.27. The summed E-state index contributed by atoms with van der Waals surface area (Å²) in [5, 5.41) is 0. The zero-order valence-corrected chi connectivity index (χ0v) is 39.7. The normalized spacial score (nSPS) is 11.8. The van der Waals surface area contributed by atoms with Gasteiger partial charge in [0.05, 0.1) is 44.1 Å². The Morgan fingerprint density at radius 2 is 0.581 bits per heavy atom. The van der Waals surface area contributed by atoms with Crippen LogP contribution in [0.15, 0.2) is 249 Å². The highest BCUT2D eigenvalue weighted by molar-refractivity contribution is 5.97. The molecule has 5 aromatic heterocycles. The lowest BCUT2D eigenvalue weighted by molar-refractivity contribution is 1.07. The Balaban J connectivity index is 0.844. The van der Waals surface area contributed by atoms with Gasteiger partial charge >= 0.3 is 0 Å². The van der Waals surface area contributed by atoms with Crippen molar-refractivity contribution in [2.75, 3.05) is 0 Å². The predicted octanol–water partition coefficient (Wildman–Crippen LogP) is 15.4. The third-order valence-corrected chi connectivity index (χ3v) is 14.2. The minimum Gasteiger partial charge on any atom is -0.278 e. The van der Waals surface area contributed by atoms with Crippen LogP contribution in [-0.2, 0) is 0 Å². The van der Waals surface area contributed by atoms with Crippen LogP contribution < -0.4 is 0 Å². The fourth-order valence-corrected chi connectivity index (χ4v) is 10.7. The molecule has 0 saturated carbocycles. The van der Waals surface area contributed by atoms with E-state index in [9.17, 15) is 0 Å². The third-order valence-electron chi connectivity index (χ3n) is 14.2. The van der Waals surface area contributed by atoms with E-state index in [1.165, 1.54) is 11.1 Å². The fraction of sp³-hybridized carbons (Fsp3) is 0. The number of rotatable bonds is 8. The van der Waals surface area contributed by atoms with Crippen LogP contribution in [-0.4, -0.2) is 42.9 Å². The Morgan fingerprint density at radius 3 is 1.09 bits per heavy atom. The number of aromatic nitrogens is 9. The SMILES string of the molecule is c1ccc(-c2ccc(-c3cccc(-n4c5ccc(-c6ccc7c(c6)n6c8ccccc8nc6n7-c6ccc(-c7nc(-c8ccccc8)nc(-c8ccccc8)n7)cc6)cc5n5c6ccccc6nc45)c3)cc2)cc1. The Bertz CT molecular complexity index is 4570. The lowest BCUT2D eigenvalue weighted by atomic mass is 10.00. The smallest absolute Gasteiger partial charge is 0.220 e. The standard InChI is InChI=1S/C65H41N9/c1-4-15-42(16-5-1)43-27-29-44(30-28-43)48-21-14-22-52(39-48)72-58-38-34-50(41-60(58)74-56-26-13-11-24-54(56)67-65(72)74)49-33-37-57-59(40-49)73-55-25-12-10-23-53(55)66-64(73)71(57)51-35-31-47(32-36-51)63-69-61(45-17-6-2-7-18-45)68-62(70-63)46-19-8-3-9-20-46/h1-41H. The van der Waals surface area contributed by atoms with Crippen molar-refractivity contribution in [1.29, 1.82) is 0 Å². The summed E-state index contributed by atoms with van der Waals surface area (Å²) in [5.41, 5.74) is 19.9.